The highest BCUT2D eigenvalue weighted by Gasteiger charge is 2.40. The third kappa shape index (κ3) is 4.07. The highest BCUT2D eigenvalue weighted by atomic mass is 28.4. The van der Waals surface area contributed by atoms with Crippen molar-refractivity contribution in [3.05, 3.63) is 0 Å². The molecule has 0 amide bonds. The van der Waals surface area contributed by atoms with E-state index in [2.05, 4.69) is 40.8 Å². The highest BCUT2D eigenvalue weighted by molar-refractivity contribution is 6.74. The standard InChI is InChI=1S/C14H30O2Si/c1-11-7-12(10-15)9-13(8-11)16-17(5,6)14(2,3)4/h11-13,15H,7-10H2,1-6H3. The van der Waals surface area contributed by atoms with E-state index < -0.39 is 8.32 Å². The van der Waals surface area contributed by atoms with Gasteiger partial charge < -0.3 is 9.53 Å². The molecular weight excluding hydrogens is 228 g/mol. The van der Waals surface area contributed by atoms with Crippen LogP contribution < -0.4 is 0 Å². The molecule has 0 aromatic rings. The molecule has 17 heavy (non-hydrogen) atoms. The molecule has 0 aromatic carbocycles. The molecule has 0 aromatic heterocycles. The fourth-order valence-corrected chi connectivity index (χ4v) is 3.90. The molecule has 0 heterocycles. The molecular formula is C14H30O2Si. The van der Waals surface area contributed by atoms with Crippen LogP contribution in [-0.2, 0) is 4.43 Å². The topological polar surface area (TPSA) is 29.5 Å². The highest BCUT2D eigenvalue weighted by Crippen LogP contribution is 2.40. The van der Waals surface area contributed by atoms with Crippen molar-refractivity contribution in [2.45, 2.75) is 71.2 Å². The van der Waals surface area contributed by atoms with Crippen LogP contribution in [-0.4, -0.2) is 26.1 Å². The van der Waals surface area contributed by atoms with Crippen molar-refractivity contribution in [1.29, 1.82) is 0 Å². The van der Waals surface area contributed by atoms with Crippen molar-refractivity contribution in [1.82, 2.24) is 0 Å². The zero-order valence-electron chi connectivity index (χ0n) is 12.4. The summed E-state index contributed by atoms with van der Waals surface area (Å²) >= 11 is 0. The van der Waals surface area contributed by atoms with Gasteiger partial charge in [0.15, 0.2) is 8.32 Å². The number of hydrogen-bond acceptors (Lipinski definition) is 2. The number of aliphatic hydroxyl groups is 1. The van der Waals surface area contributed by atoms with Gasteiger partial charge in [0.25, 0.3) is 0 Å². The monoisotopic (exact) mass is 258 g/mol. The first-order valence-electron chi connectivity index (χ1n) is 6.94. The van der Waals surface area contributed by atoms with Gasteiger partial charge in [0, 0.05) is 12.7 Å². The van der Waals surface area contributed by atoms with E-state index in [1.54, 1.807) is 0 Å². The molecule has 1 saturated carbocycles. The summed E-state index contributed by atoms with van der Waals surface area (Å²) in [5.74, 6) is 1.14. The van der Waals surface area contributed by atoms with Crippen molar-refractivity contribution in [2.75, 3.05) is 6.61 Å². The Balaban J connectivity index is 2.62. The van der Waals surface area contributed by atoms with Crippen molar-refractivity contribution in [3.63, 3.8) is 0 Å². The minimum Gasteiger partial charge on any atom is -0.414 e. The molecule has 1 fully saturated rings. The lowest BCUT2D eigenvalue weighted by Crippen LogP contribution is -2.45. The van der Waals surface area contributed by atoms with Gasteiger partial charge in [-0.05, 0) is 49.2 Å². The Hall–Kier alpha value is 0.137. The van der Waals surface area contributed by atoms with Crippen LogP contribution in [0.3, 0.4) is 0 Å². The molecule has 3 heteroatoms. The van der Waals surface area contributed by atoms with Crippen LogP contribution in [0.1, 0.15) is 47.0 Å². The first-order chi connectivity index (χ1) is 7.65. The Morgan fingerprint density at radius 3 is 2.24 bits per heavy atom. The second-order valence-corrected chi connectivity index (χ2v) is 12.1. The minimum atomic E-state index is -1.65. The molecule has 1 N–H and O–H groups in total. The van der Waals surface area contributed by atoms with E-state index in [4.69, 9.17) is 4.43 Å². The van der Waals surface area contributed by atoms with E-state index in [1.807, 2.05) is 0 Å². The van der Waals surface area contributed by atoms with Gasteiger partial charge in [-0.25, -0.2) is 0 Å². The SMILES string of the molecule is CC1CC(CO)CC(O[Si](C)(C)C(C)(C)C)C1. The Labute approximate surface area is 108 Å². The minimum absolute atomic E-state index is 0.280. The third-order valence-electron chi connectivity index (χ3n) is 4.52. The molecule has 1 rings (SSSR count). The van der Waals surface area contributed by atoms with Gasteiger partial charge in [-0.2, -0.15) is 0 Å². The van der Waals surface area contributed by atoms with Gasteiger partial charge in [-0.1, -0.05) is 27.7 Å². The predicted molar refractivity (Wildman–Crippen MR) is 75.7 cm³/mol. The summed E-state index contributed by atoms with van der Waals surface area (Å²) < 4.78 is 6.47. The molecule has 0 bridgehead atoms. The zero-order valence-corrected chi connectivity index (χ0v) is 13.4. The lowest BCUT2D eigenvalue weighted by molar-refractivity contribution is 0.0590. The van der Waals surface area contributed by atoms with Crippen LogP contribution in [0.25, 0.3) is 0 Å². The summed E-state index contributed by atoms with van der Waals surface area (Å²) in [6.45, 7) is 14.1. The summed E-state index contributed by atoms with van der Waals surface area (Å²) in [5, 5.41) is 9.62. The van der Waals surface area contributed by atoms with E-state index >= 15 is 0 Å². The largest absolute Gasteiger partial charge is 0.414 e. The maximum absolute atomic E-state index is 9.34. The first kappa shape index (κ1) is 15.2. The molecule has 3 atom stereocenters. The molecule has 102 valence electrons. The van der Waals surface area contributed by atoms with Gasteiger partial charge in [0.1, 0.15) is 0 Å². The van der Waals surface area contributed by atoms with Crippen LogP contribution in [0.15, 0.2) is 0 Å². The Morgan fingerprint density at radius 1 is 1.18 bits per heavy atom. The van der Waals surface area contributed by atoms with Crippen LogP contribution in [0, 0.1) is 11.8 Å². The van der Waals surface area contributed by atoms with Crippen LogP contribution in [0.5, 0.6) is 0 Å². The van der Waals surface area contributed by atoms with Crippen molar-refractivity contribution < 1.29 is 9.53 Å². The summed E-state index contributed by atoms with van der Waals surface area (Å²) in [5.41, 5.74) is 0. The van der Waals surface area contributed by atoms with Crippen molar-refractivity contribution in [3.8, 4) is 0 Å². The average Bonchev–Trinajstić information content (AvgIpc) is 2.14. The van der Waals surface area contributed by atoms with Gasteiger partial charge in [0.2, 0.25) is 0 Å². The van der Waals surface area contributed by atoms with E-state index in [-0.39, 0.29) is 5.04 Å². The van der Waals surface area contributed by atoms with Crippen molar-refractivity contribution in [2.24, 2.45) is 11.8 Å². The maximum atomic E-state index is 9.34. The maximum Gasteiger partial charge on any atom is 0.192 e. The Bertz CT molecular complexity index is 245. The van der Waals surface area contributed by atoms with Crippen LogP contribution >= 0.6 is 0 Å². The van der Waals surface area contributed by atoms with Gasteiger partial charge in [-0.3, -0.25) is 0 Å². The molecule has 0 radical (unpaired) electrons. The van der Waals surface area contributed by atoms with E-state index in [0.29, 0.717) is 24.5 Å². The van der Waals surface area contributed by atoms with E-state index in [9.17, 15) is 5.11 Å². The lowest BCUT2D eigenvalue weighted by atomic mass is 9.81. The molecule has 0 spiro atoms. The zero-order chi connectivity index (χ0) is 13.3. The molecule has 1 aliphatic rings. The fourth-order valence-electron chi connectivity index (χ4n) is 2.52. The molecule has 1 aliphatic carbocycles. The molecule has 3 unspecified atom stereocenters. The van der Waals surface area contributed by atoms with Crippen molar-refractivity contribution >= 4 is 8.32 Å². The Kier molecular flexibility index (Phi) is 4.84. The molecule has 2 nitrogen and oxygen atoms in total. The Morgan fingerprint density at radius 2 is 1.76 bits per heavy atom. The van der Waals surface area contributed by atoms with E-state index in [0.717, 1.165) is 12.8 Å². The number of hydrogen-bond donors (Lipinski definition) is 1. The quantitative estimate of drug-likeness (QED) is 0.780. The van der Waals surface area contributed by atoms with Crippen LogP contribution in [0.2, 0.25) is 18.1 Å². The second-order valence-electron chi connectivity index (χ2n) is 7.36. The number of aliphatic hydroxyl groups excluding tert-OH is 1. The first-order valence-corrected chi connectivity index (χ1v) is 9.85. The molecule has 0 saturated heterocycles. The summed E-state index contributed by atoms with van der Waals surface area (Å²) in [4.78, 5) is 0. The molecule has 0 aliphatic heterocycles. The summed E-state index contributed by atoms with van der Waals surface area (Å²) in [7, 11) is -1.65. The fraction of sp³-hybridized carbons (Fsp3) is 1.00. The normalized spacial score (nSPS) is 31.6. The number of rotatable bonds is 3. The predicted octanol–water partition coefficient (Wildman–Crippen LogP) is 3.81. The lowest BCUT2D eigenvalue weighted by Gasteiger charge is -2.42. The van der Waals surface area contributed by atoms with E-state index in [1.165, 1.54) is 6.42 Å². The summed E-state index contributed by atoms with van der Waals surface area (Å²) in [6, 6.07) is 0. The van der Waals surface area contributed by atoms with Gasteiger partial charge >= 0.3 is 0 Å². The van der Waals surface area contributed by atoms with Gasteiger partial charge in [-0.15, -0.1) is 0 Å². The second kappa shape index (κ2) is 5.41. The third-order valence-corrected chi connectivity index (χ3v) is 9.06. The van der Waals surface area contributed by atoms with Gasteiger partial charge in [0.05, 0.1) is 0 Å². The summed E-state index contributed by atoms with van der Waals surface area (Å²) in [6.07, 6.45) is 3.75. The smallest absolute Gasteiger partial charge is 0.192 e. The average molecular weight is 258 g/mol. The van der Waals surface area contributed by atoms with Crippen LogP contribution in [0.4, 0.5) is 0 Å².